The van der Waals surface area contributed by atoms with Gasteiger partial charge >= 0.3 is 6.03 Å². The molecule has 0 spiro atoms. The number of carbonyl (C=O) groups excluding carboxylic acids is 1. The molecule has 0 aliphatic carbocycles. The quantitative estimate of drug-likeness (QED) is 0.671. The zero-order valence-corrected chi connectivity index (χ0v) is 18.7. The van der Waals surface area contributed by atoms with Gasteiger partial charge in [-0.05, 0) is 43.2 Å². The van der Waals surface area contributed by atoms with Crippen LogP contribution in [0.1, 0.15) is 12.5 Å². The SMILES string of the molecule is CCOc1ccc(CCNC(=O)N2CCN(S(=O)(=O)c3ccccc3)CC2)cc1OC. The number of urea groups is 1. The molecule has 0 aromatic heterocycles. The van der Waals surface area contributed by atoms with Crippen LogP contribution in [0.4, 0.5) is 4.79 Å². The molecule has 2 amide bonds. The van der Waals surface area contributed by atoms with Gasteiger partial charge in [0.05, 0.1) is 18.6 Å². The second-order valence-corrected chi connectivity index (χ2v) is 9.04. The second kappa shape index (κ2) is 10.5. The number of rotatable bonds is 8. The summed E-state index contributed by atoms with van der Waals surface area (Å²) in [6, 6.07) is 13.9. The number of hydrogen-bond acceptors (Lipinski definition) is 5. The third-order valence-electron chi connectivity index (χ3n) is 5.12. The molecule has 8 nitrogen and oxygen atoms in total. The Balaban J connectivity index is 1.47. The summed E-state index contributed by atoms with van der Waals surface area (Å²) in [7, 11) is -1.93. The number of piperazine rings is 1. The number of hydrogen-bond donors (Lipinski definition) is 1. The maximum atomic E-state index is 12.7. The predicted molar refractivity (Wildman–Crippen MR) is 118 cm³/mol. The van der Waals surface area contributed by atoms with Crippen LogP contribution in [0.5, 0.6) is 11.5 Å². The molecule has 31 heavy (non-hydrogen) atoms. The molecule has 0 atom stereocenters. The van der Waals surface area contributed by atoms with Crippen molar-refractivity contribution in [1.29, 1.82) is 0 Å². The first kappa shape index (κ1) is 22.9. The first-order valence-electron chi connectivity index (χ1n) is 10.3. The molecule has 0 unspecified atom stereocenters. The molecule has 0 bridgehead atoms. The van der Waals surface area contributed by atoms with Crippen LogP contribution in [-0.4, -0.2) is 70.1 Å². The minimum atomic E-state index is -3.53. The Labute approximate surface area is 183 Å². The summed E-state index contributed by atoms with van der Waals surface area (Å²) in [5, 5.41) is 2.91. The summed E-state index contributed by atoms with van der Waals surface area (Å²) in [5.74, 6) is 1.36. The van der Waals surface area contributed by atoms with Crippen LogP contribution in [0.3, 0.4) is 0 Å². The molecule has 1 aliphatic heterocycles. The van der Waals surface area contributed by atoms with E-state index in [0.29, 0.717) is 44.2 Å². The normalized spacial score (nSPS) is 14.8. The summed E-state index contributed by atoms with van der Waals surface area (Å²) >= 11 is 0. The fraction of sp³-hybridized carbons (Fsp3) is 0.409. The molecule has 1 aliphatic rings. The number of methoxy groups -OCH3 is 1. The van der Waals surface area contributed by atoms with Gasteiger partial charge < -0.3 is 19.7 Å². The van der Waals surface area contributed by atoms with E-state index >= 15 is 0 Å². The van der Waals surface area contributed by atoms with Gasteiger partial charge in [0.1, 0.15) is 0 Å². The van der Waals surface area contributed by atoms with E-state index in [0.717, 1.165) is 5.56 Å². The molecular weight excluding hydrogens is 418 g/mol. The number of benzene rings is 2. The van der Waals surface area contributed by atoms with E-state index in [4.69, 9.17) is 9.47 Å². The fourth-order valence-electron chi connectivity index (χ4n) is 3.44. The first-order chi connectivity index (χ1) is 15.0. The lowest BCUT2D eigenvalue weighted by Gasteiger charge is -2.34. The number of nitrogens with zero attached hydrogens (tertiary/aromatic N) is 2. The molecule has 0 radical (unpaired) electrons. The third-order valence-corrected chi connectivity index (χ3v) is 7.04. The number of sulfonamides is 1. The van der Waals surface area contributed by atoms with E-state index in [1.165, 1.54) is 4.31 Å². The zero-order valence-electron chi connectivity index (χ0n) is 17.9. The fourth-order valence-corrected chi connectivity index (χ4v) is 4.88. The van der Waals surface area contributed by atoms with Crippen LogP contribution in [0.15, 0.2) is 53.4 Å². The zero-order chi connectivity index (χ0) is 22.3. The standard InChI is InChI=1S/C22H29N3O5S/c1-3-30-20-10-9-18(17-21(20)29-2)11-12-23-22(26)24-13-15-25(16-14-24)31(27,28)19-7-5-4-6-8-19/h4-10,17H,3,11-16H2,1-2H3,(H,23,26). The van der Waals surface area contributed by atoms with Crippen molar-refractivity contribution in [2.45, 2.75) is 18.2 Å². The first-order valence-corrected chi connectivity index (χ1v) is 11.8. The van der Waals surface area contributed by atoms with Gasteiger partial charge in [-0.3, -0.25) is 0 Å². The number of amides is 2. The smallest absolute Gasteiger partial charge is 0.317 e. The van der Waals surface area contributed by atoms with Gasteiger partial charge in [-0.15, -0.1) is 0 Å². The van der Waals surface area contributed by atoms with Crippen molar-refractivity contribution >= 4 is 16.1 Å². The molecule has 1 saturated heterocycles. The summed E-state index contributed by atoms with van der Waals surface area (Å²) in [4.78, 5) is 14.4. The monoisotopic (exact) mass is 447 g/mol. The van der Waals surface area contributed by atoms with Gasteiger partial charge in [0.25, 0.3) is 0 Å². The number of ether oxygens (including phenoxy) is 2. The van der Waals surface area contributed by atoms with Gasteiger partial charge in [0, 0.05) is 32.7 Å². The molecule has 9 heteroatoms. The Bertz CT molecular complexity index is 974. The van der Waals surface area contributed by atoms with Crippen LogP contribution in [0.2, 0.25) is 0 Å². The third kappa shape index (κ3) is 5.68. The molecular formula is C22H29N3O5S. The Morgan fingerprint density at radius 2 is 1.74 bits per heavy atom. The summed E-state index contributed by atoms with van der Waals surface area (Å²) in [6.07, 6.45) is 0.650. The van der Waals surface area contributed by atoms with E-state index in [9.17, 15) is 13.2 Å². The van der Waals surface area contributed by atoms with Gasteiger partial charge in [0.15, 0.2) is 11.5 Å². The van der Waals surface area contributed by atoms with E-state index in [-0.39, 0.29) is 24.0 Å². The number of carbonyl (C=O) groups is 1. The van der Waals surface area contributed by atoms with E-state index in [2.05, 4.69) is 5.32 Å². The minimum absolute atomic E-state index is 0.185. The molecule has 3 rings (SSSR count). The van der Waals surface area contributed by atoms with Crippen LogP contribution in [0, 0.1) is 0 Å². The molecule has 2 aromatic carbocycles. The summed E-state index contributed by atoms with van der Waals surface area (Å²) in [5.41, 5.74) is 1.03. The molecule has 1 heterocycles. The molecule has 0 saturated carbocycles. The predicted octanol–water partition coefficient (Wildman–Crippen LogP) is 2.35. The lowest BCUT2D eigenvalue weighted by atomic mass is 10.1. The van der Waals surface area contributed by atoms with Crippen molar-refractivity contribution in [3.63, 3.8) is 0 Å². The van der Waals surface area contributed by atoms with Crippen molar-refractivity contribution in [1.82, 2.24) is 14.5 Å². The van der Waals surface area contributed by atoms with E-state index in [1.807, 2.05) is 25.1 Å². The van der Waals surface area contributed by atoms with Gasteiger partial charge in [-0.2, -0.15) is 4.31 Å². The summed E-state index contributed by atoms with van der Waals surface area (Å²) < 4.78 is 37.7. The highest BCUT2D eigenvalue weighted by Gasteiger charge is 2.29. The van der Waals surface area contributed by atoms with Crippen LogP contribution in [-0.2, 0) is 16.4 Å². The highest BCUT2D eigenvalue weighted by molar-refractivity contribution is 7.89. The van der Waals surface area contributed by atoms with Crippen molar-refractivity contribution < 1.29 is 22.7 Å². The molecule has 168 valence electrons. The van der Waals surface area contributed by atoms with Crippen LogP contribution in [0.25, 0.3) is 0 Å². The highest BCUT2D eigenvalue weighted by atomic mass is 32.2. The highest BCUT2D eigenvalue weighted by Crippen LogP contribution is 2.28. The number of nitrogens with one attached hydrogen (secondary N) is 1. The average molecular weight is 448 g/mol. The maximum absolute atomic E-state index is 12.7. The van der Waals surface area contributed by atoms with Crippen LogP contribution < -0.4 is 14.8 Å². The maximum Gasteiger partial charge on any atom is 0.317 e. The van der Waals surface area contributed by atoms with Crippen molar-refractivity contribution in [2.24, 2.45) is 0 Å². The Morgan fingerprint density at radius 1 is 1.03 bits per heavy atom. The second-order valence-electron chi connectivity index (χ2n) is 7.10. The minimum Gasteiger partial charge on any atom is -0.493 e. The Morgan fingerprint density at radius 3 is 2.39 bits per heavy atom. The van der Waals surface area contributed by atoms with Gasteiger partial charge in [-0.1, -0.05) is 24.3 Å². The van der Waals surface area contributed by atoms with Crippen molar-refractivity contribution in [2.75, 3.05) is 46.4 Å². The van der Waals surface area contributed by atoms with E-state index in [1.54, 1.807) is 42.3 Å². The Kier molecular flexibility index (Phi) is 7.75. The molecule has 2 aromatic rings. The lowest BCUT2D eigenvalue weighted by Crippen LogP contribution is -2.53. The van der Waals surface area contributed by atoms with Gasteiger partial charge in [0.2, 0.25) is 10.0 Å². The lowest BCUT2D eigenvalue weighted by molar-refractivity contribution is 0.172. The average Bonchev–Trinajstić information content (AvgIpc) is 2.80. The van der Waals surface area contributed by atoms with E-state index < -0.39 is 10.0 Å². The van der Waals surface area contributed by atoms with Gasteiger partial charge in [-0.25, -0.2) is 13.2 Å². The van der Waals surface area contributed by atoms with Crippen molar-refractivity contribution in [3.05, 3.63) is 54.1 Å². The topological polar surface area (TPSA) is 88.2 Å². The van der Waals surface area contributed by atoms with Crippen molar-refractivity contribution in [3.8, 4) is 11.5 Å². The molecule has 1 fully saturated rings. The largest absolute Gasteiger partial charge is 0.493 e. The Hall–Kier alpha value is -2.78. The summed E-state index contributed by atoms with van der Waals surface area (Å²) in [6.45, 7) is 4.22. The van der Waals surface area contributed by atoms with Crippen LogP contribution >= 0.6 is 0 Å². The molecule has 1 N–H and O–H groups in total.